The Bertz CT molecular complexity index is 182. The fourth-order valence-corrected chi connectivity index (χ4v) is 1.35. The van der Waals surface area contributed by atoms with Crippen molar-refractivity contribution in [3.05, 3.63) is 11.1 Å². The van der Waals surface area contributed by atoms with Crippen LogP contribution >= 0.6 is 0 Å². The number of likely N-dealkylation sites (N-methyl/N-ethyl adjacent to an activating group) is 1. The number of hydrogen-bond donors (Lipinski definition) is 1. The molecule has 2 nitrogen and oxygen atoms in total. The van der Waals surface area contributed by atoms with Crippen molar-refractivity contribution in [2.75, 3.05) is 7.05 Å². The van der Waals surface area contributed by atoms with Crippen LogP contribution in [0.4, 0.5) is 0 Å². The summed E-state index contributed by atoms with van der Waals surface area (Å²) in [7, 11) is 1.68. The molecule has 0 saturated heterocycles. The number of carbonyl (C=O) groups excluding carboxylic acids is 1. The van der Waals surface area contributed by atoms with Gasteiger partial charge < -0.3 is 5.32 Å². The monoisotopic (exact) mass is 139 g/mol. The van der Waals surface area contributed by atoms with Crippen molar-refractivity contribution in [2.45, 2.75) is 26.2 Å². The van der Waals surface area contributed by atoms with Crippen molar-refractivity contribution in [1.29, 1.82) is 0 Å². The molecule has 10 heavy (non-hydrogen) atoms. The summed E-state index contributed by atoms with van der Waals surface area (Å²) in [5, 5.41) is 2.64. The molecule has 1 N–H and O–H groups in total. The zero-order valence-electron chi connectivity index (χ0n) is 6.53. The van der Waals surface area contributed by atoms with Crippen LogP contribution in [0.2, 0.25) is 0 Å². The minimum Gasteiger partial charge on any atom is -0.355 e. The zero-order valence-corrected chi connectivity index (χ0v) is 6.53. The Kier molecular flexibility index (Phi) is 2.10. The molecule has 0 spiro atoms. The highest BCUT2D eigenvalue weighted by Gasteiger charge is 2.15. The lowest BCUT2D eigenvalue weighted by Crippen LogP contribution is -2.19. The molecule has 0 unspecified atom stereocenters. The van der Waals surface area contributed by atoms with Gasteiger partial charge >= 0.3 is 0 Å². The lowest BCUT2D eigenvalue weighted by Gasteiger charge is -1.99. The van der Waals surface area contributed by atoms with Crippen LogP contribution < -0.4 is 5.32 Å². The van der Waals surface area contributed by atoms with Crippen molar-refractivity contribution in [1.82, 2.24) is 5.32 Å². The van der Waals surface area contributed by atoms with E-state index >= 15 is 0 Å². The molecule has 1 rings (SSSR count). The van der Waals surface area contributed by atoms with Gasteiger partial charge in [0, 0.05) is 12.6 Å². The smallest absolute Gasteiger partial charge is 0.246 e. The Morgan fingerprint density at radius 3 is 2.60 bits per heavy atom. The van der Waals surface area contributed by atoms with E-state index in [2.05, 4.69) is 5.32 Å². The number of amides is 1. The van der Waals surface area contributed by atoms with Crippen molar-refractivity contribution in [3.63, 3.8) is 0 Å². The van der Waals surface area contributed by atoms with Crippen molar-refractivity contribution >= 4 is 5.91 Å². The average molecular weight is 139 g/mol. The summed E-state index contributed by atoms with van der Waals surface area (Å²) in [5.74, 6) is 0.106. The van der Waals surface area contributed by atoms with E-state index in [0.29, 0.717) is 0 Å². The van der Waals surface area contributed by atoms with Crippen molar-refractivity contribution < 1.29 is 4.79 Å². The van der Waals surface area contributed by atoms with Crippen LogP contribution in [0.5, 0.6) is 0 Å². The highest BCUT2D eigenvalue weighted by Crippen LogP contribution is 2.24. The van der Waals surface area contributed by atoms with Gasteiger partial charge in [0.05, 0.1) is 0 Å². The Hall–Kier alpha value is -0.790. The van der Waals surface area contributed by atoms with E-state index in [1.54, 1.807) is 7.05 Å². The Morgan fingerprint density at radius 1 is 1.50 bits per heavy atom. The van der Waals surface area contributed by atoms with Crippen LogP contribution in [0.1, 0.15) is 26.2 Å². The summed E-state index contributed by atoms with van der Waals surface area (Å²) in [5.41, 5.74) is 2.27. The summed E-state index contributed by atoms with van der Waals surface area (Å²) in [4.78, 5) is 11.1. The van der Waals surface area contributed by atoms with Gasteiger partial charge in [-0.15, -0.1) is 0 Å². The summed E-state index contributed by atoms with van der Waals surface area (Å²) in [6, 6.07) is 0. The average Bonchev–Trinajstić information content (AvgIpc) is 2.34. The second-order valence-electron chi connectivity index (χ2n) is 2.69. The maximum atomic E-state index is 11.1. The molecule has 1 amide bonds. The molecular weight excluding hydrogens is 126 g/mol. The third-order valence-electron chi connectivity index (χ3n) is 1.99. The predicted molar refractivity (Wildman–Crippen MR) is 40.6 cm³/mol. The van der Waals surface area contributed by atoms with Gasteiger partial charge in [-0.05, 0) is 26.2 Å². The Morgan fingerprint density at radius 2 is 2.20 bits per heavy atom. The van der Waals surface area contributed by atoms with E-state index in [1.807, 2.05) is 6.92 Å². The zero-order chi connectivity index (χ0) is 7.56. The van der Waals surface area contributed by atoms with Crippen LogP contribution in [0.25, 0.3) is 0 Å². The molecule has 0 saturated carbocycles. The largest absolute Gasteiger partial charge is 0.355 e. The summed E-state index contributed by atoms with van der Waals surface area (Å²) >= 11 is 0. The van der Waals surface area contributed by atoms with E-state index in [9.17, 15) is 4.79 Å². The molecule has 1 aliphatic carbocycles. The fourth-order valence-electron chi connectivity index (χ4n) is 1.35. The third kappa shape index (κ3) is 1.20. The number of rotatable bonds is 1. The van der Waals surface area contributed by atoms with Gasteiger partial charge in [0.1, 0.15) is 0 Å². The first kappa shape index (κ1) is 7.32. The number of nitrogens with one attached hydrogen (secondary N) is 1. The van der Waals surface area contributed by atoms with E-state index in [0.717, 1.165) is 24.8 Å². The first-order valence-corrected chi connectivity index (χ1v) is 3.66. The quantitative estimate of drug-likeness (QED) is 0.581. The van der Waals surface area contributed by atoms with Gasteiger partial charge in [0.15, 0.2) is 0 Å². The molecule has 0 aromatic heterocycles. The van der Waals surface area contributed by atoms with Gasteiger partial charge in [-0.3, -0.25) is 4.79 Å². The minimum absolute atomic E-state index is 0.106. The molecule has 2 heteroatoms. The maximum absolute atomic E-state index is 11.1. The van der Waals surface area contributed by atoms with Crippen LogP contribution in [0.3, 0.4) is 0 Å². The van der Waals surface area contributed by atoms with Crippen molar-refractivity contribution in [2.24, 2.45) is 0 Å². The minimum atomic E-state index is 0.106. The molecule has 56 valence electrons. The lowest BCUT2D eigenvalue weighted by atomic mass is 10.2. The van der Waals surface area contributed by atoms with E-state index < -0.39 is 0 Å². The molecule has 1 aliphatic rings. The van der Waals surface area contributed by atoms with Gasteiger partial charge in [-0.25, -0.2) is 0 Å². The van der Waals surface area contributed by atoms with Gasteiger partial charge in [-0.2, -0.15) is 0 Å². The topological polar surface area (TPSA) is 29.1 Å². The van der Waals surface area contributed by atoms with Crippen LogP contribution in [-0.2, 0) is 4.79 Å². The van der Waals surface area contributed by atoms with E-state index in [4.69, 9.17) is 0 Å². The SMILES string of the molecule is CNC(=O)C1=C(C)CCC1. The van der Waals surface area contributed by atoms with E-state index in [1.165, 1.54) is 5.57 Å². The molecule has 0 aliphatic heterocycles. The van der Waals surface area contributed by atoms with Crippen LogP contribution in [0.15, 0.2) is 11.1 Å². The number of hydrogen-bond acceptors (Lipinski definition) is 1. The van der Waals surface area contributed by atoms with Gasteiger partial charge in [0.25, 0.3) is 0 Å². The number of carbonyl (C=O) groups is 1. The number of allylic oxidation sites excluding steroid dienone is 1. The first-order chi connectivity index (χ1) is 4.75. The summed E-state index contributed by atoms with van der Waals surface area (Å²) in [6.07, 6.45) is 3.21. The fraction of sp³-hybridized carbons (Fsp3) is 0.625. The molecule has 0 bridgehead atoms. The molecule has 0 atom stereocenters. The molecular formula is C8H13NO. The standard InChI is InChI=1S/C8H13NO/c1-6-4-3-5-7(6)8(10)9-2/h3-5H2,1-2H3,(H,9,10). The molecule has 0 fully saturated rings. The Balaban J connectivity index is 2.71. The van der Waals surface area contributed by atoms with Gasteiger partial charge in [-0.1, -0.05) is 5.57 Å². The highest BCUT2D eigenvalue weighted by molar-refractivity contribution is 5.94. The predicted octanol–water partition coefficient (Wildman–Crippen LogP) is 1.23. The van der Waals surface area contributed by atoms with Gasteiger partial charge in [0.2, 0.25) is 5.91 Å². The molecule has 0 aromatic rings. The second-order valence-corrected chi connectivity index (χ2v) is 2.69. The maximum Gasteiger partial charge on any atom is 0.246 e. The summed E-state index contributed by atoms with van der Waals surface area (Å²) in [6.45, 7) is 2.04. The normalized spacial score (nSPS) is 17.8. The molecule has 0 radical (unpaired) electrons. The first-order valence-electron chi connectivity index (χ1n) is 3.66. The molecule has 0 aromatic carbocycles. The second kappa shape index (κ2) is 2.86. The molecule has 0 heterocycles. The van der Waals surface area contributed by atoms with Crippen LogP contribution in [-0.4, -0.2) is 13.0 Å². The Labute approximate surface area is 61.3 Å². The van der Waals surface area contributed by atoms with E-state index in [-0.39, 0.29) is 5.91 Å². The third-order valence-corrected chi connectivity index (χ3v) is 1.99. The van der Waals surface area contributed by atoms with Crippen LogP contribution in [0, 0.1) is 0 Å². The summed E-state index contributed by atoms with van der Waals surface area (Å²) < 4.78 is 0. The highest BCUT2D eigenvalue weighted by atomic mass is 16.1. The lowest BCUT2D eigenvalue weighted by molar-refractivity contribution is -0.117. The van der Waals surface area contributed by atoms with Crippen molar-refractivity contribution in [3.8, 4) is 0 Å².